The molecule has 0 aromatic heterocycles. The maximum atomic E-state index is 13.0. The van der Waals surface area contributed by atoms with E-state index in [4.69, 9.17) is 11.5 Å². The van der Waals surface area contributed by atoms with Crippen molar-refractivity contribution in [2.45, 2.75) is 25.1 Å². The summed E-state index contributed by atoms with van der Waals surface area (Å²) in [5.41, 5.74) is 11.5. The van der Waals surface area contributed by atoms with Gasteiger partial charge in [0, 0.05) is 24.9 Å². The summed E-state index contributed by atoms with van der Waals surface area (Å²) in [6, 6.07) is 1.82. The largest absolute Gasteiger partial charge is 0.409 e. The predicted octanol–water partition coefficient (Wildman–Crippen LogP) is 1.59. The summed E-state index contributed by atoms with van der Waals surface area (Å²) in [5, 5.41) is 0. The van der Waals surface area contributed by atoms with Gasteiger partial charge >= 0.3 is 6.18 Å². The SMILES string of the molecule is Nc1ccc(C(=O)N2CCC(=O)CC2C(F)(F)F)cc1N. The Kier molecular flexibility index (Phi) is 3.80. The molecule has 1 unspecified atom stereocenters. The Morgan fingerprint density at radius 2 is 1.90 bits per heavy atom. The number of nitrogen functional groups attached to an aromatic ring is 2. The highest BCUT2D eigenvalue weighted by molar-refractivity contribution is 5.97. The van der Waals surface area contributed by atoms with E-state index >= 15 is 0 Å². The van der Waals surface area contributed by atoms with Crippen molar-refractivity contribution in [1.82, 2.24) is 4.90 Å². The molecule has 0 aliphatic carbocycles. The van der Waals surface area contributed by atoms with Crippen molar-refractivity contribution in [3.63, 3.8) is 0 Å². The lowest BCUT2D eigenvalue weighted by Gasteiger charge is -2.36. The van der Waals surface area contributed by atoms with Crippen LogP contribution < -0.4 is 11.5 Å². The second kappa shape index (κ2) is 5.27. The molecule has 5 nitrogen and oxygen atoms in total. The number of nitrogens with two attached hydrogens (primary N) is 2. The lowest BCUT2D eigenvalue weighted by molar-refractivity contribution is -0.185. The molecule has 0 radical (unpaired) electrons. The first-order valence-corrected chi connectivity index (χ1v) is 6.24. The summed E-state index contributed by atoms with van der Waals surface area (Å²) in [6.45, 7) is -0.258. The number of piperidine rings is 1. The van der Waals surface area contributed by atoms with E-state index in [2.05, 4.69) is 0 Å². The van der Waals surface area contributed by atoms with Crippen LogP contribution in [0.25, 0.3) is 0 Å². The van der Waals surface area contributed by atoms with E-state index < -0.39 is 30.3 Å². The van der Waals surface area contributed by atoms with Crippen LogP contribution in [0.5, 0.6) is 0 Å². The van der Waals surface area contributed by atoms with Crippen molar-refractivity contribution < 1.29 is 22.8 Å². The van der Waals surface area contributed by atoms with Gasteiger partial charge in [0.15, 0.2) is 0 Å². The molecular formula is C13H14F3N3O2. The Bertz CT molecular complexity index is 587. The van der Waals surface area contributed by atoms with E-state index in [1.807, 2.05) is 0 Å². The lowest BCUT2D eigenvalue weighted by atomic mass is 9.99. The number of rotatable bonds is 1. The zero-order valence-electron chi connectivity index (χ0n) is 11.0. The van der Waals surface area contributed by atoms with Crippen LogP contribution in [0.15, 0.2) is 18.2 Å². The number of nitrogens with zero attached hydrogens (tertiary/aromatic N) is 1. The zero-order valence-corrected chi connectivity index (χ0v) is 11.0. The Labute approximate surface area is 118 Å². The van der Waals surface area contributed by atoms with Gasteiger partial charge in [0.25, 0.3) is 5.91 Å². The second-order valence-electron chi connectivity index (χ2n) is 4.89. The molecule has 0 spiro atoms. The van der Waals surface area contributed by atoms with Crippen molar-refractivity contribution in [3.05, 3.63) is 23.8 Å². The average molecular weight is 301 g/mol. The summed E-state index contributed by atoms with van der Waals surface area (Å²) in [4.78, 5) is 24.2. The highest BCUT2D eigenvalue weighted by Gasteiger charge is 2.48. The molecule has 114 valence electrons. The number of carbonyl (C=O) groups excluding carboxylic acids is 2. The minimum absolute atomic E-state index is 0.0188. The summed E-state index contributed by atoms with van der Waals surface area (Å²) in [6.07, 6.45) is -5.44. The molecule has 21 heavy (non-hydrogen) atoms. The van der Waals surface area contributed by atoms with Crippen LogP contribution in [0.2, 0.25) is 0 Å². The third kappa shape index (κ3) is 3.09. The fourth-order valence-corrected chi connectivity index (χ4v) is 2.24. The molecule has 0 bridgehead atoms. The normalized spacial score (nSPS) is 19.7. The molecule has 1 atom stereocenters. The third-order valence-corrected chi connectivity index (χ3v) is 3.40. The first kappa shape index (κ1) is 15.1. The Balaban J connectivity index is 2.31. The van der Waals surface area contributed by atoms with Crippen molar-refractivity contribution in [2.75, 3.05) is 18.0 Å². The number of anilines is 2. The highest BCUT2D eigenvalue weighted by atomic mass is 19.4. The molecule has 1 fully saturated rings. The van der Waals surface area contributed by atoms with Gasteiger partial charge in [0.2, 0.25) is 0 Å². The molecule has 1 aliphatic heterocycles. The predicted molar refractivity (Wildman–Crippen MR) is 70.4 cm³/mol. The van der Waals surface area contributed by atoms with Gasteiger partial charge in [-0.3, -0.25) is 9.59 Å². The topological polar surface area (TPSA) is 89.4 Å². The average Bonchev–Trinajstić information content (AvgIpc) is 2.40. The third-order valence-electron chi connectivity index (χ3n) is 3.40. The molecule has 8 heteroatoms. The van der Waals surface area contributed by atoms with Gasteiger partial charge in [0.05, 0.1) is 11.4 Å². The Morgan fingerprint density at radius 1 is 1.24 bits per heavy atom. The Hall–Kier alpha value is -2.25. The van der Waals surface area contributed by atoms with Crippen LogP contribution in [-0.2, 0) is 4.79 Å². The van der Waals surface area contributed by atoms with Gasteiger partial charge in [-0.1, -0.05) is 0 Å². The van der Waals surface area contributed by atoms with Crippen molar-refractivity contribution in [3.8, 4) is 0 Å². The van der Waals surface area contributed by atoms with Crippen LogP contribution >= 0.6 is 0 Å². The summed E-state index contributed by atoms with van der Waals surface area (Å²) >= 11 is 0. The molecule has 1 aromatic carbocycles. The standard InChI is InChI=1S/C13H14F3N3O2/c14-13(15,16)11-6-8(20)3-4-19(11)12(21)7-1-2-9(17)10(18)5-7/h1-2,5,11H,3-4,6,17-18H2. The minimum Gasteiger partial charge on any atom is -0.397 e. The first-order chi connectivity index (χ1) is 9.70. The van der Waals surface area contributed by atoms with E-state index in [1.165, 1.54) is 18.2 Å². The number of hydrogen-bond donors (Lipinski definition) is 2. The number of halogens is 3. The number of likely N-dealkylation sites (tertiary alicyclic amines) is 1. The summed E-state index contributed by atoms with van der Waals surface area (Å²) < 4.78 is 39.0. The lowest BCUT2D eigenvalue weighted by Crippen LogP contribution is -2.53. The van der Waals surface area contributed by atoms with E-state index in [9.17, 15) is 22.8 Å². The van der Waals surface area contributed by atoms with Crippen molar-refractivity contribution in [2.24, 2.45) is 0 Å². The number of carbonyl (C=O) groups is 2. The molecule has 1 amide bonds. The summed E-state index contributed by atoms with van der Waals surface area (Å²) in [7, 11) is 0. The van der Waals surface area contributed by atoms with Crippen LogP contribution in [-0.4, -0.2) is 35.4 Å². The van der Waals surface area contributed by atoms with Crippen LogP contribution in [0.4, 0.5) is 24.5 Å². The van der Waals surface area contributed by atoms with Crippen LogP contribution in [0.1, 0.15) is 23.2 Å². The molecule has 1 aliphatic rings. The van der Waals surface area contributed by atoms with Gasteiger partial charge in [-0.2, -0.15) is 13.2 Å². The van der Waals surface area contributed by atoms with E-state index in [0.717, 1.165) is 0 Å². The number of Topliss-reactive ketones (excluding diaryl/α,β-unsaturated/α-hetero) is 1. The minimum atomic E-state index is -4.65. The van der Waals surface area contributed by atoms with Crippen molar-refractivity contribution in [1.29, 1.82) is 0 Å². The number of ketones is 1. The number of amides is 1. The summed E-state index contributed by atoms with van der Waals surface area (Å²) in [5.74, 6) is -1.31. The molecule has 1 aromatic rings. The zero-order chi connectivity index (χ0) is 15.8. The quantitative estimate of drug-likeness (QED) is 0.771. The van der Waals surface area contributed by atoms with Gasteiger partial charge in [-0.15, -0.1) is 0 Å². The first-order valence-electron chi connectivity index (χ1n) is 6.24. The van der Waals surface area contributed by atoms with Gasteiger partial charge in [0.1, 0.15) is 11.8 Å². The number of alkyl halides is 3. The highest BCUT2D eigenvalue weighted by Crippen LogP contribution is 2.32. The van der Waals surface area contributed by atoms with E-state index in [0.29, 0.717) is 4.90 Å². The molecule has 1 saturated heterocycles. The van der Waals surface area contributed by atoms with Crippen molar-refractivity contribution >= 4 is 23.1 Å². The fraction of sp³-hybridized carbons (Fsp3) is 0.385. The monoisotopic (exact) mass is 301 g/mol. The molecule has 2 rings (SSSR count). The van der Waals surface area contributed by atoms with Crippen LogP contribution in [0, 0.1) is 0 Å². The number of benzene rings is 1. The fourth-order valence-electron chi connectivity index (χ4n) is 2.24. The smallest absolute Gasteiger partial charge is 0.397 e. The van der Waals surface area contributed by atoms with E-state index in [-0.39, 0.29) is 29.9 Å². The van der Waals surface area contributed by atoms with E-state index in [1.54, 1.807) is 0 Å². The van der Waals surface area contributed by atoms with Crippen LogP contribution in [0.3, 0.4) is 0 Å². The molecule has 0 saturated carbocycles. The number of hydrogen-bond acceptors (Lipinski definition) is 4. The maximum absolute atomic E-state index is 13.0. The second-order valence-corrected chi connectivity index (χ2v) is 4.89. The molecule has 1 heterocycles. The van der Waals surface area contributed by atoms with Gasteiger partial charge in [-0.05, 0) is 18.2 Å². The Morgan fingerprint density at radius 3 is 2.48 bits per heavy atom. The molecular weight excluding hydrogens is 287 g/mol. The van der Waals surface area contributed by atoms with Gasteiger partial charge in [-0.25, -0.2) is 0 Å². The maximum Gasteiger partial charge on any atom is 0.409 e. The molecule has 4 N–H and O–H groups in total. The van der Waals surface area contributed by atoms with Gasteiger partial charge < -0.3 is 16.4 Å².